The molecule has 0 bridgehead atoms. The Labute approximate surface area is 269 Å². The molecule has 0 rings (SSSR count). The lowest BCUT2D eigenvalue weighted by molar-refractivity contribution is -0.154. The van der Waals surface area contributed by atoms with Crippen molar-refractivity contribution in [1.82, 2.24) is 0 Å². The van der Waals surface area contributed by atoms with E-state index in [1.165, 1.54) is 154 Å². The Morgan fingerprint density at radius 3 is 0.791 bits per heavy atom. The minimum Gasteiger partial charge on any atom is -0.465 e. The highest BCUT2D eigenvalue weighted by molar-refractivity contribution is 5.91. The van der Waals surface area contributed by atoms with Crippen LogP contribution in [0.3, 0.4) is 0 Å². The normalized spacial score (nSPS) is 11.5. The number of unbranched alkanes of at least 4 members (excludes halogenated alkanes) is 24. The van der Waals surface area contributed by atoms with Crippen molar-refractivity contribution >= 4 is 11.9 Å². The summed E-state index contributed by atoms with van der Waals surface area (Å²) in [6.07, 6.45) is 36.4. The zero-order valence-electron chi connectivity index (χ0n) is 29.7. The molecule has 0 fully saturated rings. The van der Waals surface area contributed by atoms with Crippen molar-refractivity contribution in [3.05, 3.63) is 0 Å². The fourth-order valence-corrected chi connectivity index (χ4v) is 5.79. The molecule has 0 aliphatic heterocycles. The first-order valence-electron chi connectivity index (χ1n) is 19.2. The molecule has 0 radical (unpaired) electrons. The number of carbonyl (C=O) groups excluding carboxylic acids is 2. The molecule has 0 saturated carbocycles. The van der Waals surface area contributed by atoms with Crippen molar-refractivity contribution in [3.63, 3.8) is 0 Å². The first kappa shape index (κ1) is 41.9. The lowest BCUT2D eigenvalue weighted by Gasteiger charge is -2.07. The molecule has 0 atom stereocenters. The van der Waals surface area contributed by atoms with Crippen LogP contribution in [0.2, 0.25) is 0 Å². The summed E-state index contributed by atoms with van der Waals surface area (Å²) in [6.45, 7) is 10.1. The SMILES string of the molecule is CC(C)CCCCCCCCCCCCCCCOC(=O)CC(=O)OCCCCCCCCCCCCCCCC(C)C. The van der Waals surface area contributed by atoms with E-state index in [2.05, 4.69) is 27.7 Å². The number of carbonyl (C=O) groups is 2. The van der Waals surface area contributed by atoms with Gasteiger partial charge in [0.15, 0.2) is 0 Å². The molecule has 4 heteroatoms. The summed E-state index contributed by atoms with van der Waals surface area (Å²) >= 11 is 0. The van der Waals surface area contributed by atoms with Crippen molar-refractivity contribution in [2.45, 2.75) is 214 Å². The Balaban J connectivity index is 3.28. The predicted molar refractivity (Wildman–Crippen MR) is 185 cm³/mol. The summed E-state index contributed by atoms with van der Waals surface area (Å²) in [6, 6.07) is 0. The smallest absolute Gasteiger partial charge is 0.317 e. The second kappa shape index (κ2) is 33.8. The number of esters is 2. The molecule has 0 saturated heterocycles. The van der Waals surface area contributed by atoms with Crippen molar-refractivity contribution in [3.8, 4) is 0 Å². The van der Waals surface area contributed by atoms with E-state index < -0.39 is 11.9 Å². The van der Waals surface area contributed by atoms with Gasteiger partial charge in [0, 0.05) is 0 Å². The average molecular weight is 609 g/mol. The average Bonchev–Trinajstić information content (AvgIpc) is 2.96. The molecule has 0 N–H and O–H groups in total. The summed E-state index contributed by atoms with van der Waals surface area (Å²) < 4.78 is 10.5. The van der Waals surface area contributed by atoms with Gasteiger partial charge in [0.05, 0.1) is 13.2 Å². The third-order valence-electron chi connectivity index (χ3n) is 8.67. The van der Waals surface area contributed by atoms with E-state index in [0.29, 0.717) is 13.2 Å². The second-order valence-electron chi connectivity index (χ2n) is 14.2. The van der Waals surface area contributed by atoms with Gasteiger partial charge < -0.3 is 9.47 Å². The molecule has 0 aromatic carbocycles. The Hall–Kier alpha value is -1.06. The zero-order valence-corrected chi connectivity index (χ0v) is 29.7. The van der Waals surface area contributed by atoms with E-state index in [9.17, 15) is 9.59 Å². The number of hydrogen-bond donors (Lipinski definition) is 0. The summed E-state index contributed by atoms with van der Waals surface area (Å²) in [4.78, 5) is 23.7. The van der Waals surface area contributed by atoms with Crippen LogP contribution >= 0.6 is 0 Å². The highest BCUT2D eigenvalue weighted by Gasteiger charge is 2.11. The van der Waals surface area contributed by atoms with Crippen LogP contribution in [0.15, 0.2) is 0 Å². The van der Waals surface area contributed by atoms with Gasteiger partial charge in [-0.3, -0.25) is 9.59 Å². The predicted octanol–water partition coefficient (Wildman–Crippen LogP) is 12.7. The van der Waals surface area contributed by atoms with Crippen LogP contribution in [-0.4, -0.2) is 25.2 Å². The maximum atomic E-state index is 11.9. The molecule has 0 aliphatic rings. The quantitative estimate of drug-likeness (QED) is 0.0414. The minimum atomic E-state index is -0.448. The Morgan fingerprint density at radius 2 is 0.558 bits per heavy atom. The van der Waals surface area contributed by atoms with E-state index in [4.69, 9.17) is 9.47 Å². The van der Waals surface area contributed by atoms with Gasteiger partial charge in [0.2, 0.25) is 0 Å². The molecule has 0 amide bonds. The molecular formula is C39H76O4. The third kappa shape index (κ3) is 37.0. The molecule has 0 heterocycles. The van der Waals surface area contributed by atoms with Crippen LogP contribution in [-0.2, 0) is 19.1 Å². The molecule has 256 valence electrons. The molecule has 0 unspecified atom stereocenters. The van der Waals surface area contributed by atoms with Crippen LogP contribution in [0, 0.1) is 11.8 Å². The van der Waals surface area contributed by atoms with E-state index in [-0.39, 0.29) is 6.42 Å². The molecule has 43 heavy (non-hydrogen) atoms. The number of rotatable bonds is 34. The molecule has 0 aromatic heterocycles. The van der Waals surface area contributed by atoms with Crippen molar-refractivity contribution in [2.75, 3.05) is 13.2 Å². The summed E-state index contributed by atoms with van der Waals surface area (Å²) in [5, 5.41) is 0. The van der Waals surface area contributed by atoms with Gasteiger partial charge in [0.25, 0.3) is 0 Å². The van der Waals surface area contributed by atoms with Gasteiger partial charge >= 0.3 is 11.9 Å². The number of ether oxygens (including phenoxy) is 2. The van der Waals surface area contributed by atoms with Crippen LogP contribution in [0.1, 0.15) is 214 Å². The van der Waals surface area contributed by atoms with Gasteiger partial charge in [-0.15, -0.1) is 0 Å². The Kier molecular flexibility index (Phi) is 33.0. The second-order valence-corrected chi connectivity index (χ2v) is 14.2. The number of hydrogen-bond acceptors (Lipinski definition) is 4. The summed E-state index contributed by atoms with van der Waals surface area (Å²) in [5.41, 5.74) is 0. The molecule has 4 nitrogen and oxygen atoms in total. The van der Waals surface area contributed by atoms with E-state index in [0.717, 1.165) is 37.5 Å². The lowest BCUT2D eigenvalue weighted by atomic mass is 10.0. The zero-order chi connectivity index (χ0) is 31.6. The highest BCUT2D eigenvalue weighted by atomic mass is 16.6. The first-order valence-corrected chi connectivity index (χ1v) is 19.2. The summed E-state index contributed by atoms with van der Waals surface area (Å²) in [7, 11) is 0. The van der Waals surface area contributed by atoms with Gasteiger partial charge in [-0.1, -0.05) is 195 Å². The van der Waals surface area contributed by atoms with Crippen molar-refractivity contribution < 1.29 is 19.1 Å². The summed E-state index contributed by atoms with van der Waals surface area (Å²) in [5.74, 6) is 0.814. The van der Waals surface area contributed by atoms with Gasteiger partial charge in [-0.05, 0) is 24.7 Å². The van der Waals surface area contributed by atoms with Gasteiger partial charge in [-0.25, -0.2) is 0 Å². The lowest BCUT2D eigenvalue weighted by Crippen LogP contribution is -2.15. The van der Waals surface area contributed by atoms with E-state index in [1.54, 1.807) is 0 Å². The van der Waals surface area contributed by atoms with E-state index >= 15 is 0 Å². The van der Waals surface area contributed by atoms with Crippen molar-refractivity contribution in [1.29, 1.82) is 0 Å². The fraction of sp³-hybridized carbons (Fsp3) is 0.949. The molecular weight excluding hydrogens is 532 g/mol. The maximum absolute atomic E-state index is 11.9. The minimum absolute atomic E-state index is 0.254. The Morgan fingerprint density at radius 1 is 0.349 bits per heavy atom. The first-order chi connectivity index (χ1) is 20.9. The topological polar surface area (TPSA) is 52.6 Å². The molecule has 0 spiro atoms. The van der Waals surface area contributed by atoms with Crippen LogP contribution in [0.4, 0.5) is 0 Å². The van der Waals surface area contributed by atoms with Gasteiger partial charge in [0.1, 0.15) is 6.42 Å². The van der Waals surface area contributed by atoms with Crippen LogP contribution in [0.25, 0.3) is 0 Å². The van der Waals surface area contributed by atoms with Crippen molar-refractivity contribution in [2.24, 2.45) is 11.8 Å². The largest absolute Gasteiger partial charge is 0.465 e. The van der Waals surface area contributed by atoms with E-state index in [1.807, 2.05) is 0 Å². The molecule has 0 aliphatic carbocycles. The van der Waals surface area contributed by atoms with Crippen LogP contribution in [0.5, 0.6) is 0 Å². The van der Waals surface area contributed by atoms with Crippen LogP contribution < -0.4 is 0 Å². The maximum Gasteiger partial charge on any atom is 0.317 e. The standard InChI is InChI=1S/C39H76O4/c1-36(2)31-27-23-19-15-11-7-5-9-13-17-21-25-29-33-42-38(40)35-39(41)43-34-30-26-22-18-14-10-6-8-12-16-20-24-28-32-37(3)4/h36-37H,5-35H2,1-4H3. The Bertz CT molecular complexity index is 536. The monoisotopic (exact) mass is 609 g/mol. The fourth-order valence-electron chi connectivity index (χ4n) is 5.79. The highest BCUT2D eigenvalue weighted by Crippen LogP contribution is 2.16. The third-order valence-corrected chi connectivity index (χ3v) is 8.67. The van der Waals surface area contributed by atoms with Gasteiger partial charge in [-0.2, -0.15) is 0 Å². The molecule has 0 aromatic rings.